The molecule has 0 unspecified atom stereocenters. The van der Waals surface area contributed by atoms with Crippen molar-refractivity contribution in [2.45, 2.75) is 33.6 Å². The third-order valence-electron chi connectivity index (χ3n) is 4.41. The third-order valence-corrected chi connectivity index (χ3v) is 4.90. The summed E-state index contributed by atoms with van der Waals surface area (Å²) >= 11 is 3.49. The zero-order valence-corrected chi connectivity index (χ0v) is 16.9. The summed E-state index contributed by atoms with van der Waals surface area (Å²) in [6, 6.07) is 11.8. The van der Waals surface area contributed by atoms with Crippen molar-refractivity contribution in [2.75, 3.05) is 6.54 Å². The zero-order valence-electron chi connectivity index (χ0n) is 15.3. The molecule has 0 spiro atoms. The van der Waals surface area contributed by atoms with Crippen LogP contribution >= 0.6 is 15.9 Å². The van der Waals surface area contributed by atoms with Crippen molar-refractivity contribution in [3.63, 3.8) is 0 Å². The Kier molecular flexibility index (Phi) is 5.67. The van der Waals surface area contributed by atoms with E-state index < -0.39 is 0 Å². The van der Waals surface area contributed by atoms with Gasteiger partial charge < -0.3 is 5.32 Å². The molecule has 0 atom stereocenters. The number of amides is 1. The molecule has 26 heavy (non-hydrogen) atoms. The first-order chi connectivity index (χ1) is 12.5. The quantitative estimate of drug-likeness (QED) is 0.586. The largest absolute Gasteiger partial charge is 0.351 e. The van der Waals surface area contributed by atoms with Crippen LogP contribution in [0.25, 0.3) is 22.3 Å². The number of aromatic nitrogens is 2. The summed E-state index contributed by atoms with van der Waals surface area (Å²) in [4.78, 5) is 22.2. The van der Waals surface area contributed by atoms with Crippen LogP contribution in [0.3, 0.4) is 0 Å². The first kappa shape index (κ1) is 18.5. The van der Waals surface area contributed by atoms with E-state index in [-0.39, 0.29) is 5.91 Å². The number of carbonyl (C=O) groups is 1. The molecule has 1 N–H and O–H groups in total. The van der Waals surface area contributed by atoms with Gasteiger partial charge in [-0.15, -0.1) is 0 Å². The Labute approximate surface area is 162 Å². The van der Waals surface area contributed by atoms with E-state index in [0.29, 0.717) is 17.9 Å². The molecule has 5 heteroatoms. The molecule has 0 bridgehead atoms. The smallest absolute Gasteiger partial charge is 0.272 e. The van der Waals surface area contributed by atoms with Crippen molar-refractivity contribution >= 4 is 32.9 Å². The molecule has 0 radical (unpaired) electrons. The third kappa shape index (κ3) is 3.93. The van der Waals surface area contributed by atoms with Crippen LogP contribution in [0.4, 0.5) is 0 Å². The van der Waals surface area contributed by atoms with Crippen molar-refractivity contribution < 1.29 is 4.79 Å². The van der Waals surface area contributed by atoms with Gasteiger partial charge in [0.1, 0.15) is 5.69 Å². The van der Waals surface area contributed by atoms with Gasteiger partial charge in [-0.2, -0.15) is 0 Å². The Hall–Kier alpha value is -2.27. The predicted molar refractivity (Wildman–Crippen MR) is 109 cm³/mol. The number of hydrogen-bond donors (Lipinski definition) is 1. The van der Waals surface area contributed by atoms with E-state index in [9.17, 15) is 4.79 Å². The number of benzene rings is 2. The standard InChI is InChI=1S/C21H22BrN3O/c1-4-5-9-23-21(26)20-19(15-7-6-8-16(22)12-15)24-17-10-13(2)14(3)11-18(17)25-20/h6-8,10-12H,4-5,9H2,1-3H3,(H,23,26). The Morgan fingerprint density at radius 3 is 2.42 bits per heavy atom. The summed E-state index contributed by atoms with van der Waals surface area (Å²) in [6.45, 7) is 6.83. The van der Waals surface area contributed by atoms with Crippen molar-refractivity contribution in [1.29, 1.82) is 0 Å². The van der Waals surface area contributed by atoms with E-state index >= 15 is 0 Å². The fourth-order valence-corrected chi connectivity index (χ4v) is 3.17. The molecule has 1 amide bonds. The molecule has 3 rings (SSSR count). The lowest BCUT2D eigenvalue weighted by Crippen LogP contribution is -2.26. The molecular formula is C21H22BrN3O. The Bertz CT molecular complexity index is 969. The first-order valence-corrected chi connectivity index (χ1v) is 9.62. The van der Waals surface area contributed by atoms with Crippen molar-refractivity contribution in [1.82, 2.24) is 15.3 Å². The van der Waals surface area contributed by atoms with Crippen LogP contribution in [0.15, 0.2) is 40.9 Å². The highest BCUT2D eigenvalue weighted by molar-refractivity contribution is 9.10. The minimum Gasteiger partial charge on any atom is -0.351 e. The van der Waals surface area contributed by atoms with Gasteiger partial charge in [-0.05, 0) is 55.7 Å². The molecule has 1 aromatic heterocycles. The van der Waals surface area contributed by atoms with Crippen LogP contribution in [0.2, 0.25) is 0 Å². The van der Waals surface area contributed by atoms with Gasteiger partial charge >= 0.3 is 0 Å². The molecule has 3 aromatic rings. The number of nitrogens with zero attached hydrogens (tertiary/aromatic N) is 2. The molecule has 2 aromatic carbocycles. The van der Waals surface area contributed by atoms with Crippen LogP contribution in [-0.4, -0.2) is 22.4 Å². The van der Waals surface area contributed by atoms with E-state index in [1.807, 2.05) is 43.3 Å². The average molecular weight is 412 g/mol. The summed E-state index contributed by atoms with van der Waals surface area (Å²) in [5.41, 5.74) is 5.69. The minimum atomic E-state index is -0.180. The maximum absolute atomic E-state index is 12.8. The number of aryl methyl sites for hydroxylation is 2. The molecule has 0 saturated carbocycles. The number of unbranched alkanes of at least 4 members (excludes halogenated alkanes) is 1. The number of nitrogens with one attached hydrogen (secondary N) is 1. The van der Waals surface area contributed by atoms with Crippen molar-refractivity contribution in [3.05, 3.63) is 57.7 Å². The highest BCUT2D eigenvalue weighted by atomic mass is 79.9. The summed E-state index contributed by atoms with van der Waals surface area (Å²) < 4.78 is 0.939. The minimum absolute atomic E-state index is 0.180. The molecular weight excluding hydrogens is 390 g/mol. The van der Waals surface area contributed by atoms with E-state index in [2.05, 4.69) is 40.1 Å². The van der Waals surface area contributed by atoms with E-state index in [1.54, 1.807) is 0 Å². The maximum atomic E-state index is 12.8. The SMILES string of the molecule is CCCCNC(=O)c1nc2cc(C)c(C)cc2nc1-c1cccc(Br)c1. The highest BCUT2D eigenvalue weighted by Gasteiger charge is 2.18. The van der Waals surface area contributed by atoms with Gasteiger partial charge in [-0.1, -0.05) is 41.4 Å². The monoisotopic (exact) mass is 411 g/mol. The lowest BCUT2D eigenvalue weighted by atomic mass is 10.1. The van der Waals surface area contributed by atoms with E-state index in [0.717, 1.165) is 45.0 Å². The molecule has 0 aliphatic carbocycles. The first-order valence-electron chi connectivity index (χ1n) is 8.82. The summed E-state index contributed by atoms with van der Waals surface area (Å²) in [6.07, 6.45) is 1.97. The Morgan fingerprint density at radius 1 is 1.08 bits per heavy atom. The van der Waals surface area contributed by atoms with Gasteiger partial charge in [-0.3, -0.25) is 4.79 Å². The summed E-state index contributed by atoms with van der Waals surface area (Å²) in [5.74, 6) is -0.180. The van der Waals surface area contributed by atoms with Gasteiger partial charge in [0.2, 0.25) is 0 Å². The van der Waals surface area contributed by atoms with Crippen LogP contribution in [0.5, 0.6) is 0 Å². The van der Waals surface area contributed by atoms with Gasteiger partial charge in [0.15, 0.2) is 5.69 Å². The topological polar surface area (TPSA) is 54.9 Å². The second kappa shape index (κ2) is 7.96. The number of carbonyl (C=O) groups excluding carboxylic acids is 1. The van der Waals surface area contributed by atoms with E-state index in [1.165, 1.54) is 0 Å². The van der Waals surface area contributed by atoms with Crippen molar-refractivity contribution in [3.8, 4) is 11.3 Å². The predicted octanol–water partition coefficient (Wildman–Crippen LogP) is 5.21. The molecule has 0 saturated heterocycles. The highest BCUT2D eigenvalue weighted by Crippen LogP contribution is 2.27. The van der Waals surface area contributed by atoms with E-state index in [4.69, 9.17) is 4.98 Å². The van der Waals surface area contributed by atoms with Gasteiger partial charge in [0.05, 0.1) is 11.0 Å². The molecule has 1 heterocycles. The van der Waals surface area contributed by atoms with Crippen molar-refractivity contribution in [2.24, 2.45) is 0 Å². The van der Waals surface area contributed by atoms with Crippen LogP contribution in [0.1, 0.15) is 41.4 Å². The maximum Gasteiger partial charge on any atom is 0.272 e. The number of hydrogen-bond acceptors (Lipinski definition) is 3. The fraction of sp³-hybridized carbons (Fsp3) is 0.286. The van der Waals surface area contributed by atoms with Crippen LogP contribution in [-0.2, 0) is 0 Å². The molecule has 0 aliphatic rings. The molecule has 0 aliphatic heterocycles. The molecule has 4 nitrogen and oxygen atoms in total. The van der Waals surface area contributed by atoms with Crippen LogP contribution in [0, 0.1) is 13.8 Å². The second-order valence-corrected chi connectivity index (χ2v) is 7.38. The number of fused-ring (bicyclic) bond motifs is 1. The second-order valence-electron chi connectivity index (χ2n) is 6.47. The van der Waals surface area contributed by atoms with Gasteiger partial charge in [0, 0.05) is 16.6 Å². The lowest BCUT2D eigenvalue weighted by molar-refractivity contribution is 0.0949. The Morgan fingerprint density at radius 2 is 1.77 bits per heavy atom. The Balaban J connectivity index is 2.16. The van der Waals surface area contributed by atoms with Gasteiger partial charge in [-0.25, -0.2) is 9.97 Å². The normalized spacial score (nSPS) is 10.9. The molecule has 0 fully saturated rings. The summed E-state index contributed by atoms with van der Waals surface area (Å²) in [5, 5.41) is 2.96. The zero-order chi connectivity index (χ0) is 18.7. The molecule has 134 valence electrons. The fourth-order valence-electron chi connectivity index (χ4n) is 2.77. The van der Waals surface area contributed by atoms with Crippen LogP contribution < -0.4 is 5.32 Å². The van der Waals surface area contributed by atoms with Gasteiger partial charge in [0.25, 0.3) is 5.91 Å². The summed E-state index contributed by atoms with van der Waals surface area (Å²) in [7, 11) is 0. The number of halogens is 1. The lowest BCUT2D eigenvalue weighted by Gasteiger charge is -2.12. The number of rotatable bonds is 5. The average Bonchev–Trinajstić information content (AvgIpc) is 2.62.